The van der Waals surface area contributed by atoms with Crippen LogP contribution in [-0.2, 0) is 17.6 Å². The number of ether oxygens (including phenoxy) is 1. The Hall–Kier alpha value is -1.55. The van der Waals surface area contributed by atoms with Crippen molar-refractivity contribution in [3.05, 3.63) is 29.3 Å². The Morgan fingerprint density at radius 3 is 2.95 bits per heavy atom. The lowest BCUT2D eigenvalue weighted by molar-refractivity contribution is -0.147. The molecule has 0 aliphatic carbocycles. The van der Waals surface area contributed by atoms with Gasteiger partial charge in [-0.15, -0.1) is 0 Å². The van der Waals surface area contributed by atoms with Gasteiger partial charge in [0.05, 0.1) is 12.0 Å². The molecule has 1 aromatic carbocycles. The van der Waals surface area contributed by atoms with Crippen molar-refractivity contribution < 1.29 is 14.6 Å². The first-order valence-corrected chi connectivity index (χ1v) is 7.68. The number of carboxylic acid groups (broad SMARTS) is 1. The second kappa shape index (κ2) is 6.94. The van der Waals surface area contributed by atoms with Gasteiger partial charge in [-0.05, 0) is 63.4 Å². The highest BCUT2D eigenvalue weighted by Crippen LogP contribution is 2.26. The molecule has 0 unspecified atom stereocenters. The van der Waals surface area contributed by atoms with Crippen molar-refractivity contribution in [1.29, 1.82) is 0 Å². The quantitative estimate of drug-likeness (QED) is 0.723. The van der Waals surface area contributed by atoms with Gasteiger partial charge in [0.25, 0.3) is 0 Å². The summed E-state index contributed by atoms with van der Waals surface area (Å²) in [4.78, 5) is 11.0. The SMILES string of the molecule is CC(C)(CCNCCCc1ccc2c(c1)CCO2)C(=O)O. The first-order chi connectivity index (χ1) is 9.99. The predicted octanol–water partition coefficient (Wildman–Crippen LogP) is 2.64. The molecule has 1 heterocycles. The number of carbonyl (C=O) groups is 1. The number of rotatable bonds is 8. The van der Waals surface area contributed by atoms with E-state index in [-0.39, 0.29) is 0 Å². The molecule has 4 nitrogen and oxygen atoms in total. The van der Waals surface area contributed by atoms with E-state index in [0.717, 1.165) is 44.7 Å². The Kier molecular flexibility index (Phi) is 5.23. The van der Waals surface area contributed by atoms with Crippen LogP contribution in [0.5, 0.6) is 5.75 Å². The van der Waals surface area contributed by atoms with E-state index in [4.69, 9.17) is 9.84 Å². The summed E-state index contributed by atoms with van der Waals surface area (Å²) in [7, 11) is 0. The predicted molar refractivity (Wildman–Crippen MR) is 82.9 cm³/mol. The highest BCUT2D eigenvalue weighted by Gasteiger charge is 2.25. The monoisotopic (exact) mass is 291 g/mol. The number of fused-ring (bicyclic) bond motifs is 1. The van der Waals surface area contributed by atoms with E-state index >= 15 is 0 Å². The van der Waals surface area contributed by atoms with Crippen LogP contribution in [0.4, 0.5) is 0 Å². The molecule has 0 bridgehead atoms. The molecule has 0 radical (unpaired) electrons. The van der Waals surface area contributed by atoms with Crippen molar-refractivity contribution in [2.24, 2.45) is 5.41 Å². The largest absolute Gasteiger partial charge is 0.493 e. The molecular formula is C17H25NO3. The minimum atomic E-state index is -0.732. The normalized spacial score (nSPS) is 13.8. The number of carboxylic acids is 1. The lowest BCUT2D eigenvalue weighted by Gasteiger charge is -2.18. The standard InChI is InChI=1S/C17H25NO3/c1-17(2,16(19)20)8-10-18-9-3-4-13-5-6-15-14(12-13)7-11-21-15/h5-6,12,18H,3-4,7-11H2,1-2H3,(H,19,20). The van der Waals surface area contributed by atoms with Crippen LogP contribution >= 0.6 is 0 Å². The second-order valence-corrected chi connectivity index (χ2v) is 6.33. The average Bonchev–Trinajstić information content (AvgIpc) is 2.89. The van der Waals surface area contributed by atoms with E-state index in [0.29, 0.717) is 6.42 Å². The summed E-state index contributed by atoms with van der Waals surface area (Å²) >= 11 is 0. The van der Waals surface area contributed by atoms with E-state index in [1.54, 1.807) is 13.8 Å². The maximum Gasteiger partial charge on any atom is 0.309 e. The lowest BCUT2D eigenvalue weighted by Crippen LogP contribution is -2.29. The van der Waals surface area contributed by atoms with Gasteiger partial charge in [-0.1, -0.05) is 12.1 Å². The van der Waals surface area contributed by atoms with Gasteiger partial charge in [0, 0.05) is 6.42 Å². The fourth-order valence-corrected chi connectivity index (χ4v) is 2.45. The minimum absolute atomic E-state index is 0.646. The zero-order chi connectivity index (χ0) is 15.3. The summed E-state index contributed by atoms with van der Waals surface area (Å²) < 4.78 is 5.50. The molecule has 2 N–H and O–H groups in total. The van der Waals surface area contributed by atoms with Gasteiger partial charge in [0.1, 0.15) is 5.75 Å². The highest BCUT2D eigenvalue weighted by atomic mass is 16.5. The third-order valence-electron chi connectivity index (χ3n) is 4.08. The zero-order valence-corrected chi connectivity index (χ0v) is 12.9. The van der Waals surface area contributed by atoms with Crippen LogP contribution in [-0.4, -0.2) is 30.8 Å². The smallest absolute Gasteiger partial charge is 0.309 e. The molecule has 21 heavy (non-hydrogen) atoms. The van der Waals surface area contributed by atoms with Gasteiger partial charge >= 0.3 is 5.97 Å². The Balaban J connectivity index is 1.63. The Morgan fingerprint density at radius 1 is 1.38 bits per heavy atom. The van der Waals surface area contributed by atoms with Crippen LogP contribution in [0.25, 0.3) is 0 Å². The van der Waals surface area contributed by atoms with Gasteiger partial charge in [0.2, 0.25) is 0 Å². The average molecular weight is 291 g/mol. The van der Waals surface area contributed by atoms with Gasteiger partial charge in [-0.3, -0.25) is 4.79 Å². The number of aryl methyl sites for hydroxylation is 1. The molecule has 0 spiro atoms. The van der Waals surface area contributed by atoms with E-state index in [2.05, 4.69) is 23.5 Å². The maximum atomic E-state index is 11.0. The molecule has 0 fully saturated rings. The number of aliphatic carboxylic acids is 1. The second-order valence-electron chi connectivity index (χ2n) is 6.33. The number of hydrogen-bond acceptors (Lipinski definition) is 3. The number of benzene rings is 1. The summed E-state index contributed by atoms with van der Waals surface area (Å²) in [5.41, 5.74) is 2.03. The van der Waals surface area contributed by atoms with Crippen molar-refractivity contribution in [3.8, 4) is 5.75 Å². The summed E-state index contributed by atoms with van der Waals surface area (Å²) in [5.74, 6) is 0.303. The van der Waals surface area contributed by atoms with E-state index in [1.807, 2.05) is 0 Å². The molecule has 1 aliphatic rings. The van der Waals surface area contributed by atoms with Crippen LogP contribution < -0.4 is 10.1 Å². The molecular weight excluding hydrogens is 266 g/mol. The first-order valence-electron chi connectivity index (χ1n) is 7.68. The third-order valence-corrected chi connectivity index (χ3v) is 4.08. The molecule has 1 aromatic rings. The van der Waals surface area contributed by atoms with Gasteiger partial charge in [-0.25, -0.2) is 0 Å². The van der Waals surface area contributed by atoms with Crippen molar-refractivity contribution >= 4 is 5.97 Å². The lowest BCUT2D eigenvalue weighted by atomic mass is 9.90. The Bertz CT molecular complexity index is 497. The van der Waals surface area contributed by atoms with Crippen molar-refractivity contribution in [2.75, 3.05) is 19.7 Å². The summed E-state index contributed by atoms with van der Waals surface area (Å²) in [6.07, 6.45) is 3.78. The molecule has 2 rings (SSSR count). The number of hydrogen-bond donors (Lipinski definition) is 2. The minimum Gasteiger partial charge on any atom is -0.493 e. The molecule has 0 saturated carbocycles. The zero-order valence-electron chi connectivity index (χ0n) is 12.9. The van der Waals surface area contributed by atoms with Crippen LogP contribution in [0.15, 0.2) is 18.2 Å². The highest BCUT2D eigenvalue weighted by molar-refractivity contribution is 5.73. The van der Waals surface area contributed by atoms with Gasteiger partial charge in [-0.2, -0.15) is 0 Å². The molecule has 0 amide bonds. The van der Waals surface area contributed by atoms with Crippen LogP contribution in [0.3, 0.4) is 0 Å². The molecule has 0 atom stereocenters. The fourth-order valence-electron chi connectivity index (χ4n) is 2.45. The van der Waals surface area contributed by atoms with E-state index < -0.39 is 11.4 Å². The third kappa shape index (κ3) is 4.46. The topological polar surface area (TPSA) is 58.6 Å². The molecule has 116 valence electrons. The first kappa shape index (κ1) is 15.8. The number of nitrogens with one attached hydrogen (secondary N) is 1. The van der Waals surface area contributed by atoms with E-state index in [1.165, 1.54) is 11.1 Å². The molecule has 0 aromatic heterocycles. The van der Waals surface area contributed by atoms with Crippen LogP contribution in [0.1, 0.15) is 37.8 Å². The van der Waals surface area contributed by atoms with Crippen LogP contribution in [0.2, 0.25) is 0 Å². The van der Waals surface area contributed by atoms with Gasteiger partial charge < -0.3 is 15.2 Å². The van der Waals surface area contributed by atoms with Crippen molar-refractivity contribution in [2.45, 2.75) is 39.5 Å². The molecule has 1 aliphatic heterocycles. The van der Waals surface area contributed by atoms with Crippen molar-refractivity contribution in [3.63, 3.8) is 0 Å². The fraction of sp³-hybridized carbons (Fsp3) is 0.588. The maximum absolute atomic E-state index is 11.0. The summed E-state index contributed by atoms with van der Waals surface area (Å²) in [6.45, 7) is 6.01. The molecule has 0 saturated heterocycles. The Morgan fingerprint density at radius 2 is 2.19 bits per heavy atom. The van der Waals surface area contributed by atoms with Gasteiger partial charge in [0.15, 0.2) is 0 Å². The van der Waals surface area contributed by atoms with Crippen molar-refractivity contribution in [1.82, 2.24) is 5.32 Å². The Labute approximate surface area is 126 Å². The van der Waals surface area contributed by atoms with E-state index in [9.17, 15) is 4.79 Å². The molecule has 4 heteroatoms. The summed E-state index contributed by atoms with van der Waals surface area (Å²) in [5, 5.41) is 12.4. The van der Waals surface area contributed by atoms with Crippen LogP contribution in [0, 0.1) is 5.41 Å². The summed E-state index contributed by atoms with van der Waals surface area (Å²) in [6, 6.07) is 6.45.